The molecule has 1 aliphatic rings. The first kappa shape index (κ1) is 24.0. The molecule has 1 heterocycles. The second-order valence-corrected chi connectivity index (χ2v) is 10.3. The van der Waals surface area contributed by atoms with E-state index in [2.05, 4.69) is 4.72 Å². The van der Waals surface area contributed by atoms with Crippen LogP contribution < -0.4 is 4.72 Å². The largest absolute Gasteiger partial charge is 0.480 e. The molecule has 8 nitrogen and oxygen atoms in total. The predicted molar refractivity (Wildman–Crippen MR) is 121 cm³/mol. The van der Waals surface area contributed by atoms with Gasteiger partial charge in [-0.3, -0.25) is 19.3 Å². The zero-order valence-corrected chi connectivity index (χ0v) is 19.1. The Kier molecular flexibility index (Phi) is 7.70. The van der Waals surface area contributed by atoms with Crippen molar-refractivity contribution >= 4 is 39.6 Å². The molecule has 1 atom stereocenters. The number of carbonyl (C=O) groups is 3. The van der Waals surface area contributed by atoms with Gasteiger partial charge in [0, 0.05) is 6.54 Å². The lowest BCUT2D eigenvalue weighted by Crippen LogP contribution is -2.41. The molecule has 1 aliphatic heterocycles. The highest BCUT2D eigenvalue weighted by Crippen LogP contribution is 2.23. The number of nitrogens with one attached hydrogen (secondary N) is 1. The number of imide groups is 1. The van der Waals surface area contributed by atoms with E-state index < -0.39 is 22.0 Å². The number of carbonyl (C=O) groups excluding carboxylic acids is 2. The van der Waals surface area contributed by atoms with Gasteiger partial charge in [-0.2, -0.15) is 16.5 Å². The molecule has 0 aliphatic carbocycles. The summed E-state index contributed by atoms with van der Waals surface area (Å²) in [5.41, 5.74) is 1.51. The van der Waals surface area contributed by atoms with Crippen molar-refractivity contribution in [1.29, 1.82) is 0 Å². The number of rotatable bonds is 11. The summed E-state index contributed by atoms with van der Waals surface area (Å²) in [6, 6.07) is 11.4. The highest BCUT2D eigenvalue weighted by Gasteiger charge is 2.34. The van der Waals surface area contributed by atoms with Crippen molar-refractivity contribution in [3.05, 3.63) is 65.2 Å². The molecule has 170 valence electrons. The number of hydrogen-bond acceptors (Lipinski definition) is 6. The van der Waals surface area contributed by atoms with Gasteiger partial charge in [0.25, 0.3) is 11.8 Å². The van der Waals surface area contributed by atoms with Crippen molar-refractivity contribution < 1.29 is 27.9 Å². The Hall–Kier alpha value is -2.69. The van der Waals surface area contributed by atoms with Crippen LogP contribution in [-0.4, -0.2) is 60.3 Å². The van der Waals surface area contributed by atoms with Gasteiger partial charge in [0.05, 0.1) is 16.0 Å². The molecule has 0 spiro atoms. The van der Waals surface area contributed by atoms with E-state index in [1.807, 2.05) is 6.92 Å². The van der Waals surface area contributed by atoms with Crippen LogP contribution in [0.2, 0.25) is 0 Å². The maximum atomic E-state index is 12.6. The summed E-state index contributed by atoms with van der Waals surface area (Å²) in [5.74, 6) is -0.540. The number of carboxylic acid groups (broad SMARTS) is 1. The van der Waals surface area contributed by atoms with Gasteiger partial charge in [0.2, 0.25) is 10.0 Å². The third-order valence-electron chi connectivity index (χ3n) is 5.09. The van der Waals surface area contributed by atoms with Crippen molar-refractivity contribution in [3.8, 4) is 0 Å². The van der Waals surface area contributed by atoms with Gasteiger partial charge in [-0.05, 0) is 54.2 Å². The molecule has 3 rings (SSSR count). The Labute approximate surface area is 191 Å². The van der Waals surface area contributed by atoms with E-state index in [-0.39, 0.29) is 29.7 Å². The monoisotopic (exact) mass is 476 g/mol. The number of nitrogens with zero attached hydrogens (tertiary/aromatic N) is 1. The smallest absolute Gasteiger partial charge is 0.321 e. The SMILES string of the molecule is CCSCCC(NS(=O)(=O)c1ccc(CCN2C(=O)c3ccccc3C2=O)cc1)C(=O)O. The molecule has 0 saturated heterocycles. The van der Waals surface area contributed by atoms with Gasteiger partial charge in [0.15, 0.2) is 0 Å². The summed E-state index contributed by atoms with van der Waals surface area (Å²) in [4.78, 5) is 37.4. The maximum Gasteiger partial charge on any atom is 0.321 e. The first-order valence-corrected chi connectivity index (χ1v) is 12.8. The van der Waals surface area contributed by atoms with E-state index in [1.165, 1.54) is 28.8 Å². The lowest BCUT2D eigenvalue weighted by Gasteiger charge is -2.15. The number of benzene rings is 2. The van der Waals surface area contributed by atoms with Crippen LogP contribution in [0.4, 0.5) is 0 Å². The Morgan fingerprint density at radius 3 is 2.19 bits per heavy atom. The minimum atomic E-state index is -4.00. The van der Waals surface area contributed by atoms with Gasteiger partial charge >= 0.3 is 5.97 Å². The maximum absolute atomic E-state index is 12.6. The molecule has 2 amide bonds. The van der Waals surface area contributed by atoms with Crippen molar-refractivity contribution in [2.45, 2.75) is 30.7 Å². The van der Waals surface area contributed by atoms with Crippen LogP contribution in [0.1, 0.15) is 39.6 Å². The highest BCUT2D eigenvalue weighted by atomic mass is 32.2. The molecule has 32 heavy (non-hydrogen) atoms. The van der Waals surface area contributed by atoms with Crippen molar-refractivity contribution in [2.75, 3.05) is 18.1 Å². The molecular weight excluding hydrogens is 452 g/mol. The van der Waals surface area contributed by atoms with E-state index in [4.69, 9.17) is 0 Å². The van der Waals surface area contributed by atoms with Crippen molar-refractivity contribution in [1.82, 2.24) is 9.62 Å². The van der Waals surface area contributed by atoms with E-state index in [9.17, 15) is 27.9 Å². The summed E-state index contributed by atoms with van der Waals surface area (Å²) in [6.07, 6.45) is 0.552. The molecular formula is C22H24N2O6S2. The van der Waals surface area contributed by atoms with Crippen molar-refractivity contribution in [3.63, 3.8) is 0 Å². The van der Waals surface area contributed by atoms with E-state index in [0.717, 1.165) is 11.3 Å². The quantitative estimate of drug-likeness (QED) is 0.377. The highest BCUT2D eigenvalue weighted by molar-refractivity contribution is 7.99. The number of fused-ring (bicyclic) bond motifs is 1. The average molecular weight is 477 g/mol. The van der Waals surface area contributed by atoms with Gasteiger partial charge in [-0.1, -0.05) is 31.2 Å². The second kappa shape index (κ2) is 10.3. The summed E-state index contributed by atoms with van der Waals surface area (Å²) in [7, 11) is -4.00. The first-order chi connectivity index (χ1) is 15.2. The fourth-order valence-corrected chi connectivity index (χ4v) is 5.27. The second-order valence-electron chi connectivity index (χ2n) is 7.20. The van der Waals surface area contributed by atoms with E-state index in [1.54, 1.807) is 36.4 Å². The zero-order valence-electron chi connectivity index (χ0n) is 17.5. The molecule has 0 saturated carbocycles. The van der Waals surface area contributed by atoms with Gasteiger partial charge < -0.3 is 5.11 Å². The normalized spacial score (nSPS) is 14.5. The number of amides is 2. The van der Waals surface area contributed by atoms with E-state index in [0.29, 0.717) is 23.3 Å². The lowest BCUT2D eigenvalue weighted by atomic mass is 10.1. The fraction of sp³-hybridized carbons (Fsp3) is 0.318. The standard InChI is InChI=1S/C22H24N2O6S2/c1-2-31-14-12-19(22(27)28)23-32(29,30)16-9-7-15(8-10-16)11-13-24-20(25)17-5-3-4-6-18(17)21(24)26/h3-10,19,23H,2,11-14H2,1H3,(H,27,28). The van der Waals surface area contributed by atoms with Crippen LogP contribution in [0, 0.1) is 0 Å². The van der Waals surface area contributed by atoms with Crippen LogP contribution in [-0.2, 0) is 21.2 Å². The van der Waals surface area contributed by atoms with Gasteiger partial charge in [-0.25, -0.2) is 8.42 Å². The first-order valence-electron chi connectivity index (χ1n) is 10.1. The topological polar surface area (TPSA) is 121 Å². The molecule has 0 radical (unpaired) electrons. The summed E-state index contributed by atoms with van der Waals surface area (Å²) in [6.45, 7) is 2.12. The molecule has 0 fully saturated rings. The molecule has 1 unspecified atom stereocenters. The summed E-state index contributed by atoms with van der Waals surface area (Å²) in [5, 5.41) is 9.31. The Morgan fingerprint density at radius 1 is 1.06 bits per heavy atom. The fourth-order valence-electron chi connectivity index (χ4n) is 3.35. The molecule has 0 bridgehead atoms. The van der Waals surface area contributed by atoms with Crippen LogP contribution in [0.3, 0.4) is 0 Å². The van der Waals surface area contributed by atoms with E-state index >= 15 is 0 Å². The Morgan fingerprint density at radius 2 is 1.66 bits per heavy atom. The number of thioether (sulfide) groups is 1. The Balaban J connectivity index is 1.63. The average Bonchev–Trinajstić information content (AvgIpc) is 3.02. The summed E-state index contributed by atoms with van der Waals surface area (Å²) >= 11 is 1.54. The summed E-state index contributed by atoms with van der Waals surface area (Å²) < 4.78 is 27.4. The Bertz CT molecular complexity index is 1080. The number of carboxylic acids is 1. The predicted octanol–water partition coefficient (Wildman–Crippen LogP) is 2.40. The van der Waals surface area contributed by atoms with Gasteiger partial charge in [0.1, 0.15) is 6.04 Å². The third-order valence-corrected chi connectivity index (χ3v) is 7.51. The van der Waals surface area contributed by atoms with Crippen LogP contribution in [0.25, 0.3) is 0 Å². The molecule has 2 aromatic carbocycles. The number of hydrogen-bond donors (Lipinski definition) is 2. The van der Waals surface area contributed by atoms with Crippen LogP contribution in [0.15, 0.2) is 53.4 Å². The van der Waals surface area contributed by atoms with Crippen molar-refractivity contribution in [2.24, 2.45) is 0 Å². The lowest BCUT2D eigenvalue weighted by molar-refractivity contribution is -0.139. The zero-order chi connectivity index (χ0) is 23.3. The third kappa shape index (κ3) is 5.37. The minimum absolute atomic E-state index is 0.0450. The number of aliphatic carboxylic acids is 1. The number of sulfonamides is 1. The minimum Gasteiger partial charge on any atom is -0.480 e. The van der Waals surface area contributed by atoms with Crippen LogP contribution >= 0.6 is 11.8 Å². The van der Waals surface area contributed by atoms with Gasteiger partial charge in [-0.15, -0.1) is 0 Å². The molecule has 10 heteroatoms. The molecule has 2 aromatic rings. The van der Waals surface area contributed by atoms with Crippen LogP contribution in [0.5, 0.6) is 0 Å². The molecule has 2 N–H and O–H groups in total. The molecule has 0 aromatic heterocycles.